The van der Waals surface area contributed by atoms with Crippen LogP contribution in [0.1, 0.15) is 18.4 Å². The summed E-state index contributed by atoms with van der Waals surface area (Å²) in [7, 11) is 0. The molecular formula is C26H27N3O3S. The largest absolute Gasteiger partial charge is 0.431 e. The van der Waals surface area contributed by atoms with Crippen molar-refractivity contribution < 1.29 is 14.3 Å². The number of amides is 1. The second-order valence-electron chi connectivity index (χ2n) is 9.13. The first-order chi connectivity index (χ1) is 16.2. The fourth-order valence-corrected chi connectivity index (χ4v) is 5.90. The molecule has 1 aromatic heterocycles. The first-order valence-corrected chi connectivity index (χ1v) is 12.5. The number of para-hydroxylation sites is 1. The van der Waals surface area contributed by atoms with Crippen LogP contribution in [-0.2, 0) is 16.1 Å². The number of likely N-dealkylation sites (tertiary alicyclic amines) is 1. The second-order valence-corrected chi connectivity index (χ2v) is 10.1. The molecule has 3 aromatic rings. The Kier molecular flexibility index (Phi) is 5.52. The highest BCUT2D eigenvalue weighted by Crippen LogP contribution is 2.33. The summed E-state index contributed by atoms with van der Waals surface area (Å²) < 4.78 is 12.5. The van der Waals surface area contributed by atoms with Crippen LogP contribution in [0.2, 0.25) is 0 Å². The molecule has 0 aliphatic carbocycles. The number of fused-ring (bicyclic) bond motifs is 2. The highest BCUT2D eigenvalue weighted by molar-refractivity contribution is 7.20. The van der Waals surface area contributed by atoms with E-state index in [1.165, 1.54) is 11.1 Å². The van der Waals surface area contributed by atoms with Gasteiger partial charge < -0.3 is 19.3 Å². The Bertz CT molecular complexity index is 1150. The molecular weight excluding hydrogens is 434 g/mol. The molecule has 33 heavy (non-hydrogen) atoms. The van der Waals surface area contributed by atoms with Gasteiger partial charge in [0, 0.05) is 57.4 Å². The lowest BCUT2D eigenvalue weighted by Gasteiger charge is -2.27. The van der Waals surface area contributed by atoms with Crippen LogP contribution in [0.3, 0.4) is 0 Å². The minimum absolute atomic E-state index is 0.151. The Morgan fingerprint density at radius 1 is 1.09 bits per heavy atom. The molecule has 0 spiro atoms. The van der Waals surface area contributed by atoms with E-state index in [0.717, 1.165) is 55.0 Å². The smallest absolute Gasteiger partial charge is 0.279 e. The zero-order valence-corrected chi connectivity index (χ0v) is 19.3. The van der Waals surface area contributed by atoms with Gasteiger partial charge in [-0.3, -0.25) is 4.79 Å². The van der Waals surface area contributed by atoms with Crippen LogP contribution in [-0.4, -0.2) is 53.5 Å². The number of ether oxygens (including phenoxy) is 2. The Hall–Kier alpha value is -2.90. The van der Waals surface area contributed by atoms with E-state index in [2.05, 4.69) is 39.2 Å². The molecule has 4 heterocycles. The molecule has 2 aromatic carbocycles. The molecule has 1 unspecified atom stereocenters. The fourth-order valence-electron chi connectivity index (χ4n) is 5.06. The molecule has 7 heteroatoms. The quantitative estimate of drug-likeness (QED) is 0.553. The third kappa shape index (κ3) is 4.35. The maximum absolute atomic E-state index is 12.8. The zero-order chi connectivity index (χ0) is 22.2. The Morgan fingerprint density at radius 2 is 1.91 bits per heavy atom. The van der Waals surface area contributed by atoms with E-state index >= 15 is 0 Å². The van der Waals surface area contributed by atoms with Crippen molar-refractivity contribution in [3.05, 3.63) is 65.9 Å². The van der Waals surface area contributed by atoms with Crippen molar-refractivity contribution in [2.75, 3.05) is 32.8 Å². The molecule has 1 amide bonds. The summed E-state index contributed by atoms with van der Waals surface area (Å²) >= 11 is 1.56. The summed E-state index contributed by atoms with van der Waals surface area (Å²) in [5, 5.41) is 0.668. The highest BCUT2D eigenvalue weighted by atomic mass is 32.1. The van der Waals surface area contributed by atoms with Gasteiger partial charge in [0.1, 0.15) is 5.75 Å². The number of carbonyl (C=O) groups excluding carboxylic acids is 1. The molecule has 3 aliphatic rings. The van der Waals surface area contributed by atoms with Crippen LogP contribution >= 0.6 is 11.3 Å². The van der Waals surface area contributed by atoms with Gasteiger partial charge in [-0.25, -0.2) is 4.98 Å². The molecule has 170 valence electrons. The summed E-state index contributed by atoms with van der Waals surface area (Å²) in [5.41, 5.74) is 3.61. The van der Waals surface area contributed by atoms with Gasteiger partial charge in [0.05, 0.1) is 10.2 Å². The summed E-state index contributed by atoms with van der Waals surface area (Å²) in [5.74, 6) is 1.74. The van der Waals surface area contributed by atoms with Crippen LogP contribution < -0.4 is 4.74 Å². The normalized spacial score (nSPS) is 20.8. The van der Waals surface area contributed by atoms with Crippen molar-refractivity contribution in [2.45, 2.75) is 19.4 Å². The Balaban J connectivity index is 1.05. The van der Waals surface area contributed by atoms with Crippen molar-refractivity contribution in [3.63, 3.8) is 0 Å². The molecule has 3 aliphatic heterocycles. The zero-order valence-electron chi connectivity index (χ0n) is 18.5. The molecule has 1 atom stereocenters. The third-order valence-corrected chi connectivity index (χ3v) is 7.73. The van der Waals surface area contributed by atoms with Crippen LogP contribution in [0.25, 0.3) is 10.2 Å². The van der Waals surface area contributed by atoms with Crippen molar-refractivity contribution >= 4 is 27.5 Å². The Labute approximate surface area is 197 Å². The maximum atomic E-state index is 12.8. The fraction of sp³-hybridized carbons (Fsp3) is 0.385. The number of thiazole rings is 1. The average Bonchev–Trinajstić information content (AvgIpc) is 3.53. The maximum Gasteiger partial charge on any atom is 0.279 e. The van der Waals surface area contributed by atoms with Crippen molar-refractivity contribution in [1.82, 2.24) is 14.8 Å². The van der Waals surface area contributed by atoms with Gasteiger partial charge in [0.15, 0.2) is 0 Å². The lowest BCUT2D eigenvalue weighted by molar-refractivity contribution is -0.137. The molecule has 0 bridgehead atoms. The topological polar surface area (TPSA) is 54.9 Å². The van der Waals surface area contributed by atoms with Crippen LogP contribution in [0.15, 0.2) is 60.3 Å². The first-order valence-electron chi connectivity index (χ1n) is 11.6. The predicted octanol–water partition coefficient (Wildman–Crippen LogP) is 4.67. The highest BCUT2D eigenvalue weighted by Gasteiger charge is 2.37. The van der Waals surface area contributed by atoms with Crippen LogP contribution in [0.5, 0.6) is 10.9 Å². The molecule has 2 fully saturated rings. The number of aromatic nitrogens is 1. The standard InChI is InChI=1S/C26H27N3O3S/c30-25(19-9-11-31-12-10-19)29-16-20-14-28(15-21(20)17-29)13-18-5-7-22(8-6-18)32-26-27-23-3-1-2-4-24(23)33-26/h1-8,14,19,21H,9-13,15-17H2. The van der Waals surface area contributed by atoms with Gasteiger partial charge in [-0.15, -0.1) is 0 Å². The molecule has 6 rings (SSSR count). The molecule has 0 N–H and O–H groups in total. The summed E-state index contributed by atoms with van der Waals surface area (Å²) in [6.45, 7) is 4.93. The van der Waals surface area contributed by atoms with Gasteiger partial charge in [0.25, 0.3) is 5.19 Å². The number of rotatable bonds is 5. The molecule has 6 nitrogen and oxygen atoms in total. The lowest BCUT2D eigenvalue weighted by atomic mass is 9.99. The van der Waals surface area contributed by atoms with E-state index in [0.29, 0.717) is 30.2 Å². The van der Waals surface area contributed by atoms with E-state index in [-0.39, 0.29) is 5.92 Å². The van der Waals surface area contributed by atoms with Gasteiger partial charge in [0.2, 0.25) is 5.91 Å². The number of benzene rings is 2. The minimum atomic E-state index is 0.151. The average molecular weight is 462 g/mol. The number of hydrogen-bond donors (Lipinski definition) is 0. The Morgan fingerprint density at radius 3 is 2.70 bits per heavy atom. The second kappa shape index (κ2) is 8.80. The summed E-state index contributed by atoms with van der Waals surface area (Å²) in [6.07, 6.45) is 4.00. The van der Waals surface area contributed by atoms with Gasteiger partial charge in [-0.1, -0.05) is 35.6 Å². The van der Waals surface area contributed by atoms with E-state index in [1.54, 1.807) is 11.3 Å². The number of hydrogen-bond acceptors (Lipinski definition) is 6. The van der Waals surface area contributed by atoms with Gasteiger partial charge in [-0.05, 0) is 48.2 Å². The molecule has 0 radical (unpaired) electrons. The van der Waals surface area contributed by atoms with Crippen molar-refractivity contribution in [1.29, 1.82) is 0 Å². The van der Waals surface area contributed by atoms with E-state index in [9.17, 15) is 4.79 Å². The SMILES string of the molecule is O=C(C1CCOCC1)N1CC2=CN(Cc3ccc(Oc4nc5ccccc5s4)cc3)CC2C1. The van der Waals surface area contributed by atoms with Crippen LogP contribution in [0, 0.1) is 11.8 Å². The predicted molar refractivity (Wildman–Crippen MR) is 128 cm³/mol. The monoisotopic (exact) mass is 461 g/mol. The van der Waals surface area contributed by atoms with Gasteiger partial charge in [-0.2, -0.15) is 0 Å². The van der Waals surface area contributed by atoms with Crippen LogP contribution in [0.4, 0.5) is 0 Å². The molecule has 2 saturated heterocycles. The summed E-state index contributed by atoms with van der Waals surface area (Å²) in [4.78, 5) is 21.8. The van der Waals surface area contributed by atoms with E-state index < -0.39 is 0 Å². The van der Waals surface area contributed by atoms with E-state index in [1.807, 2.05) is 30.3 Å². The lowest BCUT2D eigenvalue weighted by Crippen LogP contribution is -2.38. The van der Waals surface area contributed by atoms with Crippen molar-refractivity contribution in [3.8, 4) is 10.9 Å². The van der Waals surface area contributed by atoms with Gasteiger partial charge >= 0.3 is 0 Å². The first kappa shape index (κ1) is 20.7. The number of carbonyl (C=O) groups is 1. The third-order valence-electron chi connectivity index (χ3n) is 6.81. The van der Waals surface area contributed by atoms with E-state index in [4.69, 9.17) is 9.47 Å². The van der Waals surface area contributed by atoms with Crippen molar-refractivity contribution in [2.24, 2.45) is 11.8 Å². The molecule has 0 saturated carbocycles. The summed E-state index contributed by atoms with van der Waals surface area (Å²) in [6, 6.07) is 16.3. The number of nitrogens with zero attached hydrogens (tertiary/aromatic N) is 3. The minimum Gasteiger partial charge on any atom is -0.431 e.